The molecule has 0 fully saturated rings. The van der Waals surface area contributed by atoms with Crippen LogP contribution in [0.4, 0.5) is 5.95 Å². The van der Waals surface area contributed by atoms with Crippen LogP contribution in [0.3, 0.4) is 0 Å². The summed E-state index contributed by atoms with van der Waals surface area (Å²) < 4.78 is 3.29. The lowest BCUT2D eigenvalue weighted by Gasteiger charge is -2.17. The van der Waals surface area contributed by atoms with E-state index in [0.29, 0.717) is 0 Å². The first-order valence-corrected chi connectivity index (χ1v) is 6.96. The van der Waals surface area contributed by atoms with Crippen LogP contribution in [-0.4, -0.2) is 16.1 Å². The maximum atomic E-state index is 4.51. The third-order valence-electron chi connectivity index (χ3n) is 2.96. The molecule has 0 spiro atoms. The second-order valence-electron chi connectivity index (χ2n) is 4.37. The second-order valence-corrected chi connectivity index (χ2v) is 5.29. The largest absolute Gasteiger partial charge is 0.356 e. The lowest BCUT2D eigenvalue weighted by Crippen LogP contribution is -2.11. The van der Waals surface area contributed by atoms with E-state index >= 15 is 0 Å². The molecule has 0 saturated carbocycles. The Hall–Kier alpha value is -1.29. The number of nitrogens with zero attached hydrogens (tertiary/aromatic N) is 2. The van der Waals surface area contributed by atoms with E-state index < -0.39 is 0 Å². The molecule has 1 N–H and O–H groups in total. The molecule has 4 heteroatoms. The number of benzene rings is 1. The molecular formula is C14H18BrN3. The Kier molecular flexibility index (Phi) is 4.07. The van der Waals surface area contributed by atoms with E-state index in [-0.39, 0.29) is 6.04 Å². The standard InChI is InChI=1S/C14H18BrN3/c1-4-16-14-17-10(2)9-18(14)11(3)12-5-7-13(15)8-6-12/h5-9,11H,4H2,1-3H3,(H,16,17). The zero-order chi connectivity index (χ0) is 13.1. The fraction of sp³-hybridized carbons (Fsp3) is 0.357. The van der Waals surface area contributed by atoms with Crippen molar-refractivity contribution in [3.63, 3.8) is 0 Å². The predicted molar refractivity (Wildman–Crippen MR) is 79.1 cm³/mol. The normalized spacial score (nSPS) is 12.4. The number of hydrogen-bond donors (Lipinski definition) is 1. The summed E-state index contributed by atoms with van der Waals surface area (Å²) in [4.78, 5) is 4.51. The highest BCUT2D eigenvalue weighted by molar-refractivity contribution is 9.10. The van der Waals surface area contributed by atoms with Crippen molar-refractivity contribution in [1.82, 2.24) is 9.55 Å². The Labute approximate surface area is 116 Å². The van der Waals surface area contributed by atoms with Crippen LogP contribution in [0.2, 0.25) is 0 Å². The highest BCUT2D eigenvalue weighted by Gasteiger charge is 2.12. The number of hydrogen-bond acceptors (Lipinski definition) is 2. The van der Waals surface area contributed by atoms with E-state index in [4.69, 9.17) is 0 Å². The van der Waals surface area contributed by atoms with Crippen molar-refractivity contribution < 1.29 is 0 Å². The number of imidazole rings is 1. The summed E-state index contributed by atoms with van der Waals surface area (Å²) in [5, 5.41) is 3.30. The Morgan fingerprint density at radius 3 is 2.61 bits per heavy atom. The van der Waals surface area contributed by atoms with Crippen molar-refractivity contribution in [2.75, 3.05) is 11.9 Å². The molecule has 96 valence electrons. The zero-order valence-corrected chi connectivity index (χ0v) is 12.5. The van der Waals surface area contributed by atoms with Gasteiger partial charge in [-0.3, -0.25) is 0 Å². The van der Waals surface area contributed by atoms with Crippen molar-refractivity contribution in [2.24, 2.45) is 0 Å². The monoisotopic (exact) mass is 307 g/mol. The van der Waals surface area contributed by atoms with Gasteiger partial charge in [-0.25, -0.2) is 4.98 Å². The van der Waals surface area contributed by atoms with Gasteiger partial charge >= 0.3 is 0 Å². The number of aromatic nitrogens is 2. The average molecular weight is 308 g/mol. The first kappa shape index (κ1) is 13.1. The lowest BCUT2D eigenvalue weighted by atomic mass is 10.1. The first-order chi connectivity index (χ1) is 8.61. The Bertz CT molecular complexity index is 516. The highest BCUT2D eigenvalue weighted by Crippen LogP contribution is 2.24. The molecule has 1 aromatic heterocycles. The van der Waals surface area contributed by atoms with Crippen LogP contribution in [0, 0.1) is 6.92 Å². The predicted octanol–water partition coefficient (Wildman–Crippen LogP) is 4.00. The fourth-order valence-corrected chi connectivity index (χ4v) is 2.27. The molecule has 0 amide bonds. The Balaban J connectivity index is 2.32. The van der Waals surface area contributed by atoms with Gasteiger partial charge in [-0.2, -0.15) is 0 Å². The molecular weight excluding hydrogens is 290 g/mol. The van der Waals surface area contributed by atoms with Crippen LogP contribution < -0.4 is 5.32 Å². The summed E-state index contributed by atoms with van der Waals surface area (Å²) in [5.74, 6) is 0.936. The van der Waals surface area contributed by atoms with Gasteiger partial charge in [0.2, 0.25) is 5.95 Å². The van der Waals surface area contributed by atoms with Gasteiger partial charge in [-0.15, -0.1) is 0 Å². The summed E-state index contributed by atoms with van der Waals surface area (Å²) in [5.41, 5.74) is 2.31. The molecule has 0 saturated heterocycles. The van der Waals surface area contributed by atoms with Gasteiger partial charge < -0.3 is 9.88 Å². The molecule has 2 rings (SSSR count). The van der Waals surface area contributed by atoms with Gasteiger partial charge in [-0.05, 0) is 38.5 Å². The second kappa shape index (κ2) is 5.57. The van der Waals surface area contributed by atoms with E-state index in [0.717, 1.165) is 22.7 Å². The third-order valence-corrected chi connectivity index (χ3v) is 3.49. The van der Waals surface area contributed by atoms with Crippen LogP contribution in [0.15, 0.2) is 34.9 Å². The molecule has 18 heavy (non-hydrogen) atoms. The molecule has 0 aliphatic rings. The molecule has 0 aliphatic carbocycles. The number of nitrogens with one attached hydrogen (secondary N) is 1. The fourth-order valence-electron chi connectivity index (χ4n) is 2.00. The smallest absolute Gasteiger partial charge is 0.203 e. The van der Waals surface area contributed by atoms with Gasteiger partial charge in [-0.1, -0.05) is 28.1 Å². The topological polar surface area (TPSA) is 29.9 Å². The molecule has 1 heterocycles. The third kappa shape index (κ3) is 2.75. The minimum atomic E-state index is 0.272. The first-order valence-electron chi connectivity index (χ1n) is 6.16. The minimum Gasteiger partial charge on any atom is -0.356 e. The van der Waals surface area contributed by atoms with Crippen LogP contribution in [-0.2, 0) is 0 Å². The molecule has 0 aliphatic heterocycles. The van der Waals surface area contributed by atoms with E-state index in [1.54, 1.807) is 0 Å². The molecule has 3 nitrogen and oxygen atoms in total. The van der Waals surface area contributed by atoms with Crippen LogP contribution >= 0.6 is 15.9 Å². The summed E-state index contributed by atoms with van der Waals surface area (Å²) in [6.45, 7) is 7.17. The van der Waals surface area contributed by atoms with Crippen molar-refractivity contribution in [2.45, 2.75) is 26.8 Å². The van der Waals surface area contributed by atoms with Gasteiger partial charge in [0.15, 0.2) is 0 Å². The van der Waals surface area contributed by atoms with Crippen molar-refractivity contribution >= 4 is 21.9 Å². The van der Waals surface area contributed by atoms with E-state index in [1.807, 2.05) is 6.92 Å². The minimum absolute atomic E-state index is 0.272. The Morgan fingerprint density at radius 1 is 1.33 bits per heavy atom. The maximum absolute atomic E-state index is 4.51. The van der Waals surface area contributed by atoms with E-state index in [2.05, 4.69) is 75.1 Å². The van der Waals surface area contributed by atoms with E-state index in [9.17, 15) is 0 Å². The molecule has 1 aromatic carbocycles. The maximum Gasteiger partial charge on any atom is 0.203 e. The lowest BCUT2D eigenvalue weighted by molar-refractivity contribution is 0.643. The van der Waals surface area contributed by atoms with Crippen molar-refractivity contribution in [3.8, 4) is 0 Å². The zero-order valence-electron chi connectivity index (χ0n) is 10.9. The molecule has 2 aromatic rings. The summed E-state index contributed by atoms with van der Waals surface area (Å²) in [6.07, 6.45) is 2.09. The number of halogens is 1. The quantitative estimate of drug-likeness (QED) is 0.925. The van der Waals surface area contributed by atoms with Crippen LogP contribution in [0.25, 0.3) is 0 Å². The number of aryl methyl sites for hydroxylation is 1. The van der Waals surface area contributed by atoms with Crippen LogP contribution in [0.1, 0.15) is 31.1 Å². The number of anilines is 1. The van der Waals surface area contributed by atoms with Gasteiger partial charge in [0.1, 0.15) is 0 Å². The van der Waals surface area contributed by atoms with Gasteiger partial charge in [0.05, 0.1) is 11.7 Å². The SMILES string of the molecule is CCNc1nc(C)cn1C(C)c1ccc(Br)cc1. The summed E-state index contributed by atoms with van der Waals surface area (Å²) in [7, 11) is 0. The average Bonchev–Trinajstić information content (AvgIpc) is 2.71. The van der Waals surface area contributed by atoms with Gasteiger partial charge in [0, 0.05) is 17.2 Å². The highest BCUT2D eigenvalue weighted by atomic mass is 79.9. The molecule has 0 bridgehead atoms. The van der Waals surface area contributed by atoms with Crippen molar-refractivity contribution in [3.05, 3.63) is 46.2 Å². The van der Waals surface area contributed by atoms with Crippen molar-refractivity contribution in [1.29, 1.82) is 0 Å². The van der Waals surface area contributed by atoms with Gasteiger partial charge in [0.25, 0.3) is 0 Å². The Morgan fingerprint density at radius 2 is 2.00 bits per heavy atom. The van der Waals surface area contributed by atoms with E-state index in [1.165, 1.54) is 5.56 Å². The summed E-state index contributed by atoms with van der Waals surface area (Å²) >= 11 is 3.46. The molecule has 1 atom stereocenters. The molecule has 1 unspecified atom stereocenters. The van der Waals surface area contributed by atoms with Crippen LogP contribution in [0.5, 0.6) is 0 Å². The summed E-state index contributed by atoms with van der Waals surface area (Å²) in [6, 6.07) is 8.69. The number of rotatable bonds is 4. The molecule has 0 radical (unpaired) electrons.